The van der Waals surface area contributed by atoms with Crippen LogP contribution in [-0.2, 0) is 4.79 Å². The standard InChI is InChI=1S/C19H18BrN3OS/c20-15-5-1-2-6-16(15)22-19(24)13-4-3-10-23(12-13)18-14-8-11-25-17(14)7-9-21-18/h1-2,5-9,11,13H,3-4,10,12H2,(H,22,24). The van der Waals surface area contributed by atoms with Crippen molar-refractivity contribution in [1.82, 2.24) is 4.98 Å². The van der Waals surface area contributed by atoms with Gasteiger partial charge in [0.25, 0.3) is 0 Å². The Morgan fingerprint density at radius 1 is 1.28 bits per heavy atom. The average molecular weight is 416 g/mol. The Balaban J connectivity index is 1.52. The number of piperidine rings is 1. The highest BCUT2D eigenvalue weighted by atomic mass is 79.9. The van der Waals surface area contributed by atoms with Gasteiger partial charge in [0.2, 0.25) is 5.91 Å². The number of hydrogen-bond acceptors (Lipinski definition) is 4. The van der Waals surface area contributed by atoms with Crippen LogP contribution in [0.1, 0.15) is 12.8 Å². The highest BCUT2D eigenvalue weighted by Gasteiger charge is 2.27. The Morgan fingerprint density at radius 3 is 3.04 bits per heavy atom. The van der Waals surface area contributed by atoms with Crippen LogP contribution >= 0.6 is 27.3 Å². The Morgan fingerprint density at radius 2 is 2.16 bits per heavy atom. The van der Waals surface area contributed by atoms with E-state index in [4.69, 9.17) is 0 Å². The predicted octanol–water partition coefficient (Wildman–Crippen LogP) is 4.91. The summed E-state index contributed by atoms with van der Waals surface area (Å²) in [5.74, 6) is 1.04. The lowest BCUT2D eigenvalue weighted by molar-refractivity contribution is -0.120. The van der Waals surface area contributed by atoms with Gasteiger partial charge in [0, 0.05) is 33.8 Å². The van der Waals surface area contributed by atoms with Gasteiger partial charge in [-0.15, -0.1) is 11.3 Å². The van der Waals surface area contributed by atoms with Crippen molar-refractivity contribution in [2.24, 2.45) is 5.92 Å². The van der Waals surface area contributed by atoms with E-state index in [1.807, 2.05) is 36.5 Å². The number of pyridine rings is 1. The molecule has 1 fully saturated rings. The van der Waals surface area contributed by atoms with Gasteiger partial charge in [-0.3, -0.25) is 4.79 Å². The molecular formula is C19H18BrN3OS. The maximum absolute atomic E-state index is 12.7. The summed E-state index contributed by atoms with van der Waals surface area (Å²) < 4.78 is 2.14. The van der Waals surface area contributed by atoms with E-state index in [0.717, 1.165) is 35.4 Å². The van der Waals surface area contributed by atoms with Gasteiger partial charge < -0.3 is 10.2 Å². The second-order valence-corrected chi connectivity index (χ2v) is 8.02. The minimum atomic E-state index is -0.0310. The molecule has 1 unspecified atom stereocenters. The number of carbonyl (C=O) groups excluding carboxylic acids is 1. The summed E-state index contributed by atoms with van der Waals surface area (Å²) in [5.41, 5.74) is 0.822. The number of thiophene rings is 1. The number of anilines is 2. The van der Waals surface area contributed by atoms with Gasteiger partial charge in [0.05, 0.1) is 11.6 Å². The number of hydrogen-bond donors (Lipinski definition) is 1. The molecule has 1 aromatic carbocycles. The number of fused-ring (bicyclic) bond motifs is 1. The van der Waals surface area contributed by atoms with Crippen LogP contribution in [0.25, 0.3) is 10.1 Å². The second-order valence-electron chi connectivity index (χ2n) is 6.22. The zero-order valence-electron chi connectivity index (χ0n) is 13.6. The van der Waals surface area contributed by atoms with Crippen molar-refractivity contribution in [3.8, 4) is 0 Å². The minimum absolute atomic E-state index is 0.0310. The van der Waals surface area contributed by atoms with E-state index in [1.54, 1.807) is 11.3 Å². The third-order valence-corrected chi connectivity index (χ3v) is 6.16. The number of para-hydroxylation sites is 1. The topological polar surface area (TPSA) is 45.2 Å². The smallest absolute Gasteiger partial charge is 0.229 e. The Bertz CT molecular complexity index is 910. The zero-order chi connectivity index (χ0) is 17.2. The SMILES string of the molecule is O=C(Nc1ccccc1Br)C1CCCN(c2nccc3sccc23)C1. The van der Waals surface area contributed by atoms with Crippen molar-refractivity contribution in [3.05, 3.63) is 52.4 Å². The molecular weight excluding hydrogens is 398 g/mol. The van der Waals surface area contributed by atoms with E-state index in [9.17, 15) is 4.79 Å². The van der Waals surface area contributed by atoms with Gasteiger partial charge in [-0.1, -0.05) is 12.1 Å². The third-order valence-electron chi connectivity index (χ3n) is 4.58. The molecule has 1 atom stereocenters. The van der Waals surface area contributed by atoms with E-state index in [0.29, 0.717) is 6.54 Å². The van der Waals surface area contributed by atoms with Crippen LogP contribution in [-0.4, -0.2) is 24.0 Å². The number of carbonyl (C=O) groups is 1. The molecule has 0 aliphatic carbocycles. The maximum Gasteiger partial charge on any atom is 0.229 e. The molecule has 128 valence electrons. The minimum Gasteiger partial charge on any atom is -0.355 e. The summed E-state index contributed by atoms with van der Waals surface area (Å²) in [5, 5.41) is 6.33. The van der Waals surface area contributed by atoms with Crippen molar-refractivity contribution in [3.63, 3.8) is 0 Å². The first-order chi connectivity index (χ1) is 12.2. The summed E-state index contributed by atoms with van der Waals surface area (Å²) in [6.07, 6.45) is 3.77. The summed E-state index contributed by atoms with van der Waals surface area (Å²) in [4.78, 5) is 19.6. The van der Waals surface area contributed by atoms with Crippen LogP contribution in [0.15, 0.2) is 52.4 Å². The molecule has 3 heterocycles. The summed E-state index contributed by atoms with van der Waals surface area (Å²) >= 11 is 5.21. The molecule has 2 aromatic heterocycles. The first-order valence-electron chi connectivity index (χ1n) is 8.35. The molecule has 4 rings (SSSR count). The molecule has 0 saturated carbocycles. The third kappa shape index (κ3) is 3.41. The van der Waals surface area contributed by atoms with Crippen molar-refractivity contribution in [2.45, 2.75) is 12.8 Å². The van der Waals surface area contributed by atoms with Gasteiger partial charge in [-0.2, -0.15) is 0 Å². The molecule has 4 nitrogen and oxygen atoms in total. The van der Waals surface area contributed by atoms with Crippen molar-refractivity contribution >= 4 is 54.8 Å². The van der Waals surface area contributed by atoms with Crippen LogP contribution in [0, 0.1) is 5.92 Å². The van der Waals surface area contributed by atoms with E-state index in [2.05, 4.69) is 42.6 Å². The summed E-state index contributed by atoms with van der Waals surface area (Å²) in [6, 6.07) is 11.9. The average Bonchev–Trinajstić information content (AvgIpc) is 3.12. The number of aromatic nitrogens is 1. The van der Waals surface area contributed by atoms with Crippen molar-refractivity contribution in [2.75, 3.05) is 23.3 Å². The molecule has 1 aliphatic heterocycles. The van der Waals surface area contributed by atoms with Crippen LogP contribution in [0.4, 0.5) is 11.5 Å². The lowest BCUT2D eigenvalue weighted by atomic mass is 9.96. The number of nitrogens with zero attached hydrogens (tertiary/aromatic N) is 2. The number of halogens is 1. The normalized spacial score (nSPS) is 17.6. The number of nitrogens with one attached hydrogen (secondary N) is 1. The first-order valence-corrected chi connectivity index (χ1v) is 10.0. The number of rotatable bonds is 3. The zero-order valence-corrected chi connectivity index (χ0v) is 16.0. The first kappa shape index (κ1) is 16.5. The quantitative estimate of drug-likeness (QED) is 0.660. The second kappa shape index (κ2) is 7.14. The van der Waals surface area contributed by atoms with Crippen LogP contribution in [0.2, 0.25) is 0 Å². The summed E-state index contributed by atoms with van der Waals surface area (Å²) in [6.45, 7) is 1.65. The van der Waals surface area contributed by atoms with Gasteiger partial charge >= 0.3 is 0 Å². The Kier molecular flexibility index (Phi) is 4.72. The Labute approximate surface area is 159 Å². The molecule has 1 aliphatic rings. The highest BCUT2D eigenvalue weighted by molar-refractivity contribution is 9.10. The van der Waals surface area contributed by atoms with Crippen LogP contribution in [0.3, 0.4) is 0 Å². The van der Waals surface area contributed by atoms with Gasteiger partial charge in [0.15, 0.2) is 0 Å². The molecule has 3 aromatic rings. The highest BCUT2D eigenvalue weighted by Crippen LogP contribution is 2.31. The maximum atomic E-state index is 12.7. The van der Waals surface area contributed by atoms with Gasteiger partial charge in [0.1, 0.15) is 5.82 Å². The van der Waals surface area contributed by atoms with Crippen LogP contribution in [0.5, 0.6) is 0 Å². The Hall–Kier alpha value is -1.92. The molecule has 25 heavy (non-hydrogen) atoms. The monoisotopic (exact) mass is 415 g/mol. The molecule has 1 amide bonds. The van der Waals surface area contributed by atoms with Crippen molar-refractivity contribution < 1.29 is 4.79 Å². The fourth-order valence-corrected chi connectivity index (χ4v) is 4.47. The van der Waals surface area contributed by atoms with E-state index in [-0.39, 0.29) is 11.8 Å². The van der Waals surface area contributed by atoms with E-state index in [1.165, 1.54) is 10.1 Å². The van der Waals surface area contributed by atoms with Crippen LogP contribution < -0.4 is 10.2 Å². The van der Waals surface area contributed by atoms with Gasteiger partial charge in [-0.25, -0.2) is 4.98 Å². The van der Waals surface area contributed by atoms with E-state index >= 15 is 0 Å². The lowest BCUT2D eigenvalue weighted by Gasteiger charge is -2.33. The molecule has 1 saturated heterocycles. The van der Waals surface area contributed by atoms with Gasteiger partial charge in [-0.05, 0) is 58.4 Å². The fourth-order valence-electron chi connectivity index (χ4n) is 3.31. The lowest BCUT2D eigenvalue weighted by Crippen LogP contribution is -2.41. The molecule has 0 spiro atoms. The largest absolute Gasteiger partial charge is 0.355 e. The predicted molar refractivity (Wildman–Crippen MR) is 107 cm³/mol. The molecule has 1 N–H and O–H groups in total. The number of benzene rings is 1. The molecule has 0 radical (unpaired) electrons. The fraction of sp³-hybridized carbons (Fsp3) is 0.263. The molecule has 0 bridgehead atoms. The number of amides is 1. The van der Waals surface area contributed by atoms with E-state index < -0.39 is 0 Å². The molecule has 6 heteroatoms. The summed E-state index contributed by atoms with van der Waals surface area (Å²) in [7, 11) is 0. The van der Waals surface area contributed by atoms with Crippen molar-refractivity contribution in [1.29, 1.82) is 0 Å².